The molecule has 1 fully saturated rings. The normalized spacial score (nSPS) is 21.6. The highest BCUT2D eigenvalue weighted by molar-refractivity contribution is 8.01. The summed E-state index contributed by atoms with van der Waals surface area (Å²) >= 11 is 7.76. The van der Waals surface area contributed by atoms with Crippen LogP contribution in [0.4, 0.5) is 5.69 Å². The Balaban J connectivity index is 1.82. The number of halogens is 1. The summed E-state index contributed by atoms with van der Waals surface area (Å²) in [5, 5.41) is 0.573. The van der Waals surface area contributed by atoms with Crippen molar-refractivity contribution in [1.29, 1.82) is 0 Å². The highest BCUT2D eigenvalue weighted by atomic mass is 35.5. The second-order valence-corrected chi connectivity index (χ2v) is 8.43. The van der Waals surface area contributed by atoms with Gasteiger partial charge in [-0.2, -0.15) is 0 Å². The van der Waals surface area contributed by atoms with E-state index in [4.69, 9.17) is 11.6 Å². The van der Waals surface area contributed by atoms with Crippen LogP contribution in [0.1, 0.15) is 23.6 Å². The van der Waals surface area contributed by atoms with Gasteiger partial charge in [0.25, 0.3) is 5.91 Å². The van der Waals surface area contributed by atoms with Crippen LogP contribution in [0.3, 0.4) is 0 Å². The van der Waals surface area contributed by atoms with Crippen molar-refractivity contribution in [3.05, 3.63) is 64.2 Å². The molecule has 4 nitrogen and oxygen atoms in total. The molecule has 1 atom stereocenters. The van der Waals surface area contributed by atoms with Crippen LogP contribution < -0.4 is 4.90 Å². The Morgan fingerprint density at radius 1 is 1.23 bits per heavy atom. The fourth-order valence-electron chi connectivity index (χ4n) is 3.76. The number of rotatable bonds is 2. The Kier molecular flexibility index (Phi) is 4.24. The first-order valence-electron chi connectivity index (χ1n) is 8.53. The first-order chi connectivity index (χ1) is 12.4. The van der Waals surface area contributed by atoms with Gasteiger partial charge in [-0.15, -0.1) is 11.8 Å². The Labute approximate surface area is 162 Å². The fourth-order valence-corrected chi connectivity index (χ4v) is 5.42. The predicted octanol–water partition coefficient (Wildman–Crippen LogP) is 3.94. The van der Waals surface area contributed by atoms with Gasteiger partial charge in [0.2, 0.25) is 5.91 Å². The third-order valence-corrected chi connectivity index (χ3v) is 6.65. The van der Waals surface area contributed by atoms with Gasteiger partial charge in [0.05, 0.1) is 12.2 Å². The van der Waals surface area contributed by atoms with E-state index in [9.17, 15) is 9.59 Å². The van der Waals surface area contributed by atoms with E-state index in [1.165, 1.54) is 24.2 Å². The lowest BCUT2D eigenvalue weighted by atomic mass is 10.1. The average molecular weight is 387 g/mol. The van der Waals surface area contributed by atoms with Gasteiger partial charge in [0.15, 0.2) is 4.87 Å². The summed E-state index contributed by atoms with van der Waals surface area (Å²) in [7, 11) is 0. The number of thioether (sulfide) groups is 1. The number of nitrogens with zero attached hydrogens (tertiary/aromatic N) is 2. The molecule has 134 valence electrons. The third kappa shape index (κ3) is 2.53. The van der Waals surface area contributed by atoms with Crippen LogP contribution in [0.15, 0.2) is 42.5 Å². The zero-order valence-corrected chi connectivity index (χ0v) is 16.2. The van der Waals surface area contributed by atoms with Crippen molar-refractivity contribution in [3.63, 3.8) is 0 Å². The van der Waals surface area contributed by atoms with Crippen LogP contribution in [0.2, 0.25) is 5.02 Å². The van der Waals surface area contributed by atoms with Crippen LogP contribution in [-0.4, -0.2) is 29.0 Å². The number of aryl methyl sites for hydroxylation is 1. The highest BCUT2D eigenvalue weighted by Gasteiger charge is 2.58. The molecule has 0 N–H and O–H groups in total. The van der Waals surface area contributed by atoms with Gasteiger partial charge in [-0.05, 0) is 30.7 Å². The summed E-state index contributed by atoms with van der Waals surface area (Å²) in [4.78, 5) is 28.3. The van der Waals surface area contributed by atoms with Crippen LogP contribution in [0.25, 0.3) is 0 Å². The highest BCUT2D eigenvalue weighted by Crippen LogP contribution is 2.54. The molecule has 0 aromatic heterocycles. The number of carbonyl (C=O) groups is 2. The number of anilines is 1. The zero-order valence-electron chi connectivity index (χ0n) is 14.7. The lowest BCUT2D eigenvalue weighted by Gasteiger charge is -2.32. The maximum atomic E-state index is 13.6. The van der Waals surface area contributed by atoms with Gasteiger partial charge in [-0.25, -0.2) is 0 Å². The average Bonchev–Trinajstić information content (AvgIpc) is 3.15. The largest absolute Gasteiger partial charge is 0.315 e. The van der Waals surface area contributed by atoms with Gasteiger partial charge < -0.3 is 9.80 Å². The van der Waals surface area contributed by atoms with E-state index < -0.39 is 4.87 Å². The van der Waals surface area contributed by atoms with Crippen molar-refractivity contribution < 1.29 is 9.59 Å². The van der Waals surface area contributed by atoms with Crippen molar-refractivity contribution in [1.82, 2.24) is 4.90 Å². The lowest BCUT2D eigenvalue weighted by molar-refractivity contribution is -0.138. The van der Waals surface area contributed by atoms with Crippen LogP contribution >= 0.6 is 23.4 Å². The molecule has 2 amide bonds. The smallest absolute Gasteiger partial charge is 0.268 e. The Bertz CT molecular complexity index is 899. The lowest BCUT2D eigenvalue weighted by Crippen LogP contribution is -2.49. The second-order valence-electron chi connectivity index (χ2n) is 6.70. The molecular weight excluding hydrogens is 368 g/mol. The SMILES string of the molecule is CC(=O)N1CCS[C@]12C(=O)N(Cc1ccc(C)cc1)c1ccc(Cl)cc12. The maximum Gasteiger partial charge on any atom is 0.268 e. The molecular formula is C20H19ClN2O2S. The second kappa shape index (κ2) is 6.32. The molecule has 0 bridgehead atoms. The van der Waals surface area contributed by atoms with Gasteiger partial charge in [0.1, 0.15) is 0 Å². The molecule has 0 aliphatic carbocycles. The molecule has 0 unspecified atom stereocenters. The number of benzene rings is 2. The minimum absolute atomic E-state index is 0.0620. The number of fused-ring (bicyclic) bond motifs is 2. The molecule has 1 saturated heterocycles. The standard InChI is InChI=1S/C20H19ClN2O2S/c1-13-3-5-15(6-4-13)12-22-18-8-7-16(21)11-17(18)20(19(22)25)23(14(2)24)9-10-26-20/h3-8,11H,9-10,12H2,1-2H3/t20-/m1/s1. The topological polar surface area (TPSA) is 40.6 Å². The van der Waals surface area contributed by atoms with E-state index in [0.29, 0.717) is 18.1 Å². The van der Waals surface area contributed by atoms with Gasteiger partial charge in [-0.3, -0.25) is 9.59 Å². The minimum atomic E-state index is -0.989. The van der Waals surface area contributed by atoms with E-state index in [0.717, 1.165) is 22.6 Å². The van der Waals surface area contributed by atoms with E-state index in [-0.39, 0.29) is 11.8 Å². The number of amides is 2. The summed E-state index contributed by atoms with van der Waals surface area (Å²) in [6.07, 6.45) is 0. The third-order valence-electron chi connectivity index (χ3n) is 5.00. The number of hydrogen-bond donors (Lipinski definition) is 0. The summed E-state index contributed by atoms with van der Waals surface area (Å²) in [6.45, 7) is 4.60. The first kappa shape index (κ1) is 17.4. The van der Waals surface area contributed by atoms with Crippen LogP contribution in [0, 0.1) is 6.92 Å². The summed E-state index contributed by atoms with van der Waals surface area (Å²) in [5.74, 6) is 0.579. The molecule has 4 rings (SSSR count). The molecule has 0 saturated carbocycles. The molecule has 2 heterocycles. The molecule has 6 heteroatoms. The van der Waals surface area contributed by atoms with E-state index in [2.05, 4.69) is 0 Å². The van der Waals surface area contributed by atoms with Crippen molar-refractivity contribution >= 4 is 40.9 Å². The monoisotopic (exact) mass is 386 g/mol. The molecule has 2 aliphatic heterocycles. The molecule has 2 aliphatic rings. The Hall–Kier alpha value is -1.98. The summed E-state index contributed by atoms with van der Waals surface area (Å²) in [5.41, 5.74) is 3.89. The van der Waals surface area contributed by atoms with E-state index in [1.807, 2.05) is 43.3 Å². The molecule has 2 aromatic rings. The number of carbonyl (C=O) groups excluding carboxylic acids is 2. The van der Waals surface area contributed by atoms with Crippen LogP contribution in [-0.2, 0) is 21.0 Å². The van der Waals surface area contributed by atoms with Gasteiger partial charge >= 0.3 is 0 Å². The quantitative estimate of drug-likeness (QED) is 0.784. The molecule has 1 spiro atoms. The zero-order chi connectivity index (χ0) is 18.5. The predicted molar refractivity (Wildman–Crippen MR) is 105 cm³/mol. The summed E-state index contributed by atoms with van der Waals surface area (Å²) in [6, 6.07) is 13.7. The molecule has 2 aromatic carbocycles. The molecule has 0 radical (unpaired) electrons. The minimum Gasteiger partial charge on any atom is -0.315 e. The van der Waals surface area contributed by atoms with Gasteiger partial charge in [-0.1, -0.05) is 41.4 Å². The van der Waals surface area contributed by atoms with E-state index >= 15 is 0 Å². The Morgan fingerprint density at radius 3 is 2.65 bits per heavy atom. The van der Waals surface area contributed by atoms with Crippen molar-refractivity contribution in [2.75, 3.05) is 17.2 Å². The van der Waals surface area contributed by atoms with Crippen molar-refractivity contribution in [3.8, 4) is 0 Å². The van der Waals surface area contributed by atoms with E-state index in [1.54, 1.807) is 15.9 Å². The summed E-state index contributed by atoms with van der Waals surface area (Å²) < 4.78 is 0. The first-order valence-corrected chi connectivity index (χ1v) is 9.89. The fraction of sp³-hybridized carbons (Fsp3) is 0.300. The Morgan fingerprint density at radius 2 is 1.96 bits per heavy atom. The molecule has 26 heavy (non-hydrogen) atoms. The van der Waals surface area contributed by atoms with Crippen LogP contribution in [0.5, 0.6) is 0 Å². The maximum absolute atomic E-state index is 13.6. The van der Waals surface area contributed by atoms with Crippen molar-refractivity contribution in [2.24, 2.45) is 0 Å². The number of hydrogen-bond acceptors (Lipinski definition) is 3. The van der Waals surface area contributed by atoms with Crippen molar-refractivity contribution in [2.45, 2.75) is 25.3 Å². The van der Waals surface area contributed by atoms with Gasteiger partial charge in [0, 0.05) is 29.8 Å².